The molecule has 0 aliphatic carbocycles. The Labute approximate surface area is 214 Å². The molecule has 3 aromatic rings. The monoisotopic (exact) mass is 541 g/mol. The van der Waals surface area contributed by atoms with Gasteiger partial charge in [0.1, 0.15) is 6.54 Å². The van der Waals surface area contributed by atoms with E-state index in [9.17, 15) is 9.59 Å². The second kappa shape index (κ2) is 12.7. The zero-order chi connectivity index (χ0) is 24.5. The smallest absolute Gasteiger partial charge is 0.322 e. The van der Waals surface area contributed by atoms with Crippen molar-refractivity contribution in [3.63, 3.8) is 0 Å². The molecule has 180 valence electrons. The van der Waals surface area contributed by atoms with E-state index in [-0.39, 0.29) is 24.4 Å². The van der Waals surface area contributed by atoms with Crippen LogP contribution in [-0.4, -0.2) is 34.8 Å². The molecule has 0 aliphatic heterocycles. The fraction of sp³-hybridized carbons (Fsp3) is 0.333. The first-order chi connectivity index (χ1) is 16.3. The van der Waals surface area contributed by atoms with Gasteiger partial charge in [-0.05, 0) is 48.7 Å². The van der Waals surface area contributed by atoms with Gasteiger partial charge >= 0.3 is 6.03 Å². The summed E-state index contributed by atoms with van der Waals surface area (Å²) < 4.78 is 0.884. The Morgan fingerprint density at radius 2 is 1.76 bits per heavy atom. The number of urea groups is 1. The number of hydrogen-bond acceptors (Lipinski definition) is 3. The van der Waals surface area contributed by atoms with Gasteiger partial charge in [0.2, 0.25) is 5.91 Å². The molecule has 1 heterocycles. The number of aryl methyl sites for hydroxylation is 1. The predicted octanol–water partition coefficient (Wildman–Crippen LogP) is 6.93. The van der Waals surface area contributed by atoms with E-state index in [0.29, 0.717) is 25.3 Å². The number of anilines is 1. The Kier molecular flexibility index (Phi) is 9.72. The molecule has 3 amide bonds. The Bertz CT molecular complexity index is 1090. The zero-order valence-corrected chi connectivity index (χ0v) is 22.4. The lowest BCUT2D eigenvalue weighted by atomic mass is 10.1. The lowest BCUT2D eigenvalue weighted by Gasteiger charge is -2.29. The van der Waals surface area contributed by atoms with E-state index in [1.54, 1.807) is 16.2 Å². The highest BCUT2D eigenvalue weighted by atomic mass is 79.9. The van der Waals surface area contributed by atoms with Gasteiger partial charge in [0.05, 0.1) is 6.54 Å². The van der Waals surface area contributed by atoms with Crippen molar-refractivity contribution in [3.8, 4) is 0 Å². The summed E-state index contributed by atoms with van der Waals surface area (Å²) in [6, 6.07) is 21.3. The Hall–Kier alpha value is -2.64. The molecular formula is C27H32BrN3O2S. The molecular weight excluding hydrogens is 510 g/mol. The van der Waals surface area contributed by atoms with Gasteiger partial charge in [-0.3, -0.25) is 4.79 Å². The molecule has 1 atom stereocenters. The van der Waals surface area contributed by atoms with Gasteiger partial charge in [-0.25, -0.2) is 4.79 Å². The van der Waals surface area contributed by atoms with Gasteiger partial charge in [-0.1, -0.05) is 72.6 Å². The Balaban J connectivity index is 1.78. The number of nitrogens with one attached hydrogen (secondary N) is 1. The summed E-state index contributed by atoms with van der Waals surface area (Å²) >= 11 is 5.14. The van der Waals surface area contributed by atoms with Gasteiger partial charge < -0.3 is 15.1 Å². The van der Waals surface area contributed by atoms with Gasteiger partial charge in [-0.15, -0.1) is 11.3 Å². The number of thiophene rings is 1. The molecule has 0 aliphatic rings. The third-order valence-corrected chi connectivity index (χ3v) is 7.11. The molecule has 0 radical (unpaired) electrons. The molecule has 5 nitrogen and oxygen atoms in total. The maximum absolute atomic E-state index is 13.6. The first kappa shape index (κ1) is 26.0. The van der Waals surface area contributed by atoms with Gasteiger partial charge in [-0.2, -0.15) is 0 Å². The van der Waals surface area contributed by atoms with Crippen LogP contribution in [0.3, 0.4) is 0 Å². The molecule has 1 unspecified atom stereocenters. The maximum Gasteiger partial charge on any atom is 0.322 e. The lowest BCUT2D eigenvalue weighted by Crippen LogP contribution is -2.45. The van der Waals surface area contributed by atoms with Crippen LogP contribution >= 0.6 is 27.3 Å². The minimum atomic E-state index is -0.265. The molecule has 0 spiro atoms. The van der Waals surface area contributed by atoms with Crippen molar-refractivity contribution in [2.75, 3.05) is 18.4 Å². The lowest BCUT2D eigenvalue weighted by molar-refractivity contribution is -0.133. The molecule has 0 saturated heterocycles. The third kappa shape index (κ3) is 7.99. The minimum absolute atomic E-state index is 0.0291. The van der Waals surface area contributed by atoms with Crippen LogP contribution in [0.4, 0.5) is 10.5 Å². The standard InChI is InChI=1S/C27H32BrN3O2S/c1-4-20(2)16-31(27(33)29-24-12-8-11-23(28)15-24)19-26(32)30(17-22-9-6-5-7-10-22)18-25-14-13-21(3)34-25/h5-15,20H,4,16-19H2,1-3H3,(H,29,33). The van der Waals surface area contributed by atoms with Crippen LogP contribution in [0.2, 0.25) is 0 Å². The summed E-state index contributed by atoms with van der Waals surface area (Å²) in [6.45, 7) is 7.83. The number of benzene rings is 2. The highest BCUT2D eigenvalue weighted by Crippen LogP contribution is 2.20. The number of hydrogen-bond donors (Lipinski definition) is 1. The molecule has 1 aromatic heterocycles. The number of amides is 3. The second-order valence-electron chi connectivity index (χ2n) is 8.58. The summed E-state index contributed by atoms with van der Waals surface area (Å²) in [5, 5.41) is 2.95. The first-order valence-electron chi connectivity index (χ1n) is 11.5. The molecule has 0 bridgehead atoms. The van der Waals surface area contributed by atoms with Crippen molar-refractivity contribution in [1.82, 2.24) is 9.80 Å². The van der Waals surface area contributed by atoms with Crippen molar-refractivity contribution in [2.24, 2.45) is 5.92 Å². The van der Waals surface area contributed by atoms with E-state index in [1.807, 2.05) is 59.5 Å². The Morgan fingerprint density at radius 3 is 2.41 bits per heavy atom. The normalized spacial score (nSPS) is 11.6. The van der Waals surface area contributed by atoms with Crippen LogP contribution in [0, 0.1) is 12.8 Å². The summed E-state index contributed by atoms with van der Waals surface area (Å²) in [5.74, 6) is 0.214. The predicted molar refractivity (Wildman–Crippen MR) is 144 cm³/mol. The van der Waals surface area contributed by atoms with E-state index >= 15 is 0 Å². The Morgan fingerprint density at radius 1 is 1.00 bits per heavy atom. The van der Waals surface area contributed by atoms with Gasteiger partial charge in [0.25, 0.3) is 0 Å². The van der Waals surface area contributed by atoms with E-state index in [0.717, 1.165) is 21.3 Å². The largest absolute Gasteiger partial charge is 0.332 e. The van der Waals surface area contributed by atoms with Gasteiger partial charge in [0.15, 0.2) is 0 Å². The molecule has 3 rings (SSSR count). The van der Waals surface area contributed by atoms with E-state index in [1.165, 1.54) is 4.88 Å². The highest BCUT2D eigenvalue weighted by Gasteiger charge is 2.23. The maximum atomic E-state index is 13.6. The number of carbonyl (C=O) groups is 2. The highest BCUT2D eigenvalue weighted by molar-refractivity contribution is 9.10. The SMILES string of the molecule is CCC(C)CN(CC(=O)N(Cc1ccccc1)Cc1ccc(C)s1)C(=O)Nc1cccc(Br)c1. The third-order valence-electron chi connectivity index (χ3n) is 5.63. The van der Waals surface area contributed by atoms with Crippen molar-refractivity contribution in [3.05, 3.63) is 86.5 Å². The van der Waals surface area contributed by atoms with Crippen molar-refractivity contribution < 1.29 is 9.59 Å². The van der Waals surface area contributed by atoms with Crippen LogP contribution in [-0.2, 0) is 17.9 Å². The molecule has 0 fully saturated rings. The van der Waals surface area contributed by atoms with Crippen LogP contribution in [0.25, 0.3) is 0 Å². The topological polar surface area (TPSA) is 52.7 Å². The van der Waals surface area contributed by atoms with Crippen LogP contribution in [0.1, 0.15) is 35.6 Å². The molecule has 1 N–H and O–H groups in total. The quantitative estimate of drug-likeness (QED) is 0.302. The van der Waals surface area contributed by atoms with E-state index in [2.05, 4.69) is 54.2 Å². The molecule has 2 aromatic carbocycles. The van der Waals surface area contributed by atoms with E-state index in [4.69, 9.17) is 0 Å². The number of rotatable bonds is 10. The zero-order valence-electron chi connectivity index (χ0n) is 20.0. The second-order valence-corrected chi connectivity index (χ2v) is 10.9. The van der Waals surface area contributed by atoms with E-state index < -0.39 is 0 Å². The fourth-order valence-corrected chi connectivity index (χ4v) is 4.86. The molecule has 7 heteroatoms. The van der Waals surface area contributed by atoms with Crippen molar-refractivity contribution >= 4 is 44.9 Å². The molecule has 0 saturated carbocycles. The minimum Gasteiger partial charge on any atom is -0.332 e. The fourth-order valence-electron chi connectivity index (χ4n) is 3.55. The van der Waals surface area contributed by atoms with Crippen LogP contribution in [0.5, 0.6) is 0 Å². The number of nitrogens with zero attached hydrogens (tertiary/aromatic N) is 2. The average molecular weight is 543 g/mol. The molecule has 34 heavy (non-hydrogen) atoms. The summed E-state index contributed by atoms with van der Waals surface area (Å²) in [5.41, 5.74) is 1.76. The average Bonchev–Trinajstić information content (AvgIpc) is 3.23. The van der Waals surface area contributed by atoms with Crippen molar-refractivity contribution in [2.45, 2.75) is 40.3 Å². The summed E-state index contributed by atoms with van der Waals surface area (Å²) in [7, 11) is 0. The first-order valence-corrected chi connectivity index (χ1v) is 13.1. The number of carbonyl (C=O) groups excluding carboxylic acids is 2. The summed E-state index contributed by atoms with van der Waals surface area (Å²) in [6.07, 6.45) is 0.928. The summed E-state index contributed by atoms with van der Waals surface area (Å²) in [4.78, 5) is 32.6. The van der Waals surface area contributed by atoms with Crippen molar-refractivity contribution in [1.29, 1.82) is 0 Å². The van der Waals surface area contributed by atoms with Gasteiger partial charge in [0, 0.05) is 33.0 Å². The van der Waals surface area contributed by atoms with Crippen LogP contribution < -0.4 is 5.32 Å². The number of halogens is 1. The van der Waals surface area contributed by atoms with Crippen LogP contribution in [0.15, 0.2) is 71.2 Å².